The molecule has 0 radical (unpaired) electrons. The molecule has 2 heterocycles. The van der Waals surface area contributed by atoms with E-state index in [1.54, 1.807) is 23.0 Å². The second kappa shape index (κ2) is 8.39. The Balaban J connectivity index is 1.58. The normalized spacial score (nSPS) is 15.1. The zero-order valence-corrected chi connectivity index (χ0v) is 16.8. The van der Waals surface area contributed by atoms with Crippen molar-refractivity contribution in [2.24, 2.45) is 0 Å². The van der Waals surface area contributed by atoms with E-state index in [4.69, 9.17) is 4.74 Å². The number of nitrogens with zero attached hydrogens (tertiary/aromatic N) is 2. The molecule has 1 aliphatic heterocycles. The van der Waals surface area contributed by atoms with Crippen molar-refractivity contribution in [1.29, 1.82) is 0 Å². The number of carbonyl (C=O) groups excluding carboxylic acids is 1. The minimum atomic E-state index is -3.74. The fourth-order valence-corrected chi connectivity index (χ4v) is 4.66. The van der Waals surface area contributed by atoms with Crippen molar-refractivity contribution >= 4 is 21.6 Å². The lowest BCUT2D eigenvalue weighted by Crippen LogP contribution is -2.40. The molecule has 1 fully saturated rings. The van der Waals surface area contributed by atoms with Crippen LogP contribution in [0.1, 0.15) is 10.4 Å². The lowest BCUT2D eigenvalue weighted by atomic mass is 10.2. The third-order valence-electron chi connectivity index (χ3n) is 4.80. The van der Waals surface area contributed by atoms with Gasteiger partial charge in [-0.1, -0.05) is 6.07 Å². The first-order valence-corrected chi connectivity index (χ1v) is 10.8. The maximum atomic E-state index is 14.3. The smallest absolute Gasteiger partial charge is 0.255 e. The number of hydrogen-bond donors (Lipinski definition) is 1. The first-order chi connectivity index (χ1) is 14.4. The Labute approximate surface area is 173 Å². The highest BCUT2D eigenvalue weighted by molar-refractivity contribution is 7.89. The van der Waals surface area contributed by atoms with E-state index >= 15 is 0 Å². The minimum absolute atomic E-state index is 0.00707. The molecule has 30 heavy (non-hydrogen) atoms. The summed E-state index contributed by atoms with van der Waals surface area (Å²) in [6, 6.07) is 13.8. The van der Waals surface area contributed by atoms with Gasteiger partial charge in [-0.05, 0) is 48.5 Å². The molecule has 0 spiro atoms. The van der Waals surface area contributed by atoms with Crippen LogP contribution in [-0.2, 0) is 14.8 Å². The largest absolute Gasteiger partial charge is 0.379 e. The van der Waals surface area contributed by atoms with Crippen molar-refractivity contribution in [3.8, 4) is 5.69 Å². The number of anilines is 1. The first-order valence-electron chi connectivity index (χ1n) is 9.37. The fraction of sp³-hybridized carbons (Fsp3) is 0.190. The van der Waals surface area contributed by atoms with E-state index in [1.165, 1.54) is 40.7 Å². The van der Waals surface area contributed by atoms with Gasteiger partial charge >= 0.3 is 0 Å². The van der Waals surface area contributed by atoms with Gasteiger partial charge in [0.05, 0.1) is 23.8 Å². The molecule has 1 N–H and O–H groups in total. The van der Waals surface area contributed by atoms with E-state index in [2.05, 4.69) is 5.32 Å². The predicted molar refractivity (Wildman–Crippen MR) is 110 cm³/mol. The summed E-state index contributed by atoms with van der Waals surface area (Å²) in [5.41, 5.74) is 0.808. The standard InChI is InChI=1S/C21H20FN3O4S/c22-19-7-6-17(24-8-1-2-9-24)15-20(19)23-21(26)16-4-3-5-18(14-16)30(27,28)25-10-12-29-13-11-25/h1-9,14-15H,10-13H2,(H,23,26). The second-order valence-corrected chi connectivity index (χ2v) is 8.69. The van der Waals surface area contributed by atoms with E-state index in [9.17, 15) is 17.6 Å². The molecule has 1 aromatic heterocycles. The highest BCUT2D eigenvalue weighted by atomic mass is 32.2. The Morgan fingerprint density at radius 2 is 1.73 bits per heavy atom. The van der Waals surface area contributed by atoms with Crippen LogP contribution in [0, 0.1) is 5.82 Å². The van der Waals surface area contributed by atoms with Crippen molar-refractivity contribution in [2.75, 3.05) is 31.6 Å². The third kappa shape index (κ3) is 4.13. The minimum Gasteiger partial charge on any atom is -0.379 e. The maximum absolute atomic E-state index is 14.3. The van der Waals surface area contributed by atoms with E-state index in [1.807, 2.05) is 12.1 Å². The Morgan fingerprint density at radius 3 is 2.47 bits per heavy atom. The number of sulfonamides is 1. The molecule has 156 valence electrons. The third-order valence-corrected chi connectivity index (χ3v) is 6.70. The molecule has 7 nitrogen and oxygen atoms in total. The zero-order valence-electron chi connectivity index (χ0n) is 16.0. The van der Waals surface area contributed by atoms with Crippen LogP contribution >= 0.6 is 0 Å². The highest BCUT2D eigenvalue weighted by Gasteiger charge is 2.27. The van der Waals surface area contributed by atoms with Crippen LogP contribution in [0.5, 0.6) is 0 Å². The number of hydrogen-bond acceptors (Lipinski definition) is 4. The van der Waals surface area contributed by atoms with Gasteiger partial charge in [0.15, 0.2) is 0 Å². The summed E-state index contributed by atoms with van der Waals surface area (Å²) in [5, 5.41) is 2.53. The number of carbonyl (C=O) groups is 1. The number of morpholine rings is 1. The number of benzene rings is 2. The van der Waals surface area contributed by atoms with Crippen LogP contribution in [0.4, 0.5) is 10.1 Å². The average molecular weight is 429 g/mol. The molecule has 0 aliphatic carbocycles. The van der Waals surface area contributed by atoms with Gasteiger partial charge in [-0.2, -0.15) is 4.31 Å². The predicted octanol–water partition coefficient (Wildman–Crippen LogP) is 2.89. The number of aromatic nitrogens is 1. The topological polar surface area (TPSA) is 80.6 Å². The van der Waals surface area contributed by atoms with Crippen molar-refractivity contribution in [3.63, 3.8) is 0 Å². The maximum Gasteiger partial charge on any atom is 0.255 e. The average Bonchev–Trinajstić information content (AvgIpc) is 3.31. The molecule has 0 bridgehead atoms. The van der Waals surface area contributed by atoms with Gasteiger partial charge in [0.25, 0.3) is 5.91 Å². The van der Waals surface area contributed by atoms with Crippen molar-refractivity contribution < 1.29 is 22.3 Å². The summed E-state index contributed by atoms with van der Waals surface area (Å²) in [6.07, 6.45) is 3.61. The van der Waals surface area contributed by atoms with Crippen molar-refractivity contribution in [3.05, 3.63) is 78.4 Å². The summed E-state index contributed by atoms with van der Waals surface area (Å²) >= 11 is 0. The number of nitrogens with one attached hydrogen (secondary N) is 1. The van der Waals surface area contributed by atoms with Crippen LogP contribution < -0.4 is 5.32 Å². The molecule has 1 amide bonds. The first kappa shape index (κ1) is 20.3. The SMILES string of the molecule is O=C(Nc1cc(-n2cccc2)ccc1F)c1cccc(S(=O)(=O)N2CCOCC2)c1. The number of ether oxygens (including phenoxy) is 1. The lowest BCUT2D eigenvalue weighted by Gasteiger charge is -2.26. The Hall–Kier alpha value is -3.01. The summed E-state index contributed by atoms with van der Waals surface area (Å²) in [6.45, 7) is 1.18. The van der Waals surface area contributed by atoms with Crippen LogP contribution in [-0.4, -0.2) is 49.5 Å². The van der Waals surface area contributed by atoms with Crippen molar-refractivity contribution in [1.82, 2.24) is 8.87 Å². The zero-order chi connectivity index (χ0) is 21.1. The van der Waals surface area contributed by atoms with Gasteiger partial charge in [-0.25, -0.2) is 12.8 Å². The van der Waals surface area contributed by atoms with E-state index in [0.717, 1.165) is 0 Å². The molecule has 0 atom stereocenters. The van der Waals surface area contributed by atoms with Gasteiger partial charge in [-0.15, -0.1) is 0 Å². The van der Waals surface area contributed by atoms with Crippen LogP contribution in [0.2, 0.25) is 0 Å². The Bertz CT molecular complexity index is 1160. The van der Waals surface area contributed by atoms with Crippen molar-refractivity contribution in [2.45, 2.75) is 4.90 Å². The summed E-state index contributed by atoms with van der Waals surface area (Å²) in [5.74, 6) is -1.19. The molecular formula is C21H20FN3O4S. The molecular weight excluding hydrogens is 409 g/mol. The summed E-state index contributed by atoms with van der Waals surface area (Å²) in [4.78, 5) is 12.7. The van der Waals surface area contributed by atoms with Gasteiger partial charge in [0.1, 0.15) is 5.82 Å². The quantitative estimate of drug-likeness (QED) is 0.676. The molecule has 3 aromatic rings. The Morgan fingerprint density at radius 1 is 1.00 bits per heavy atom. The monoisotopic (exact) mass is 429 g/mol. The molecule has 9 heteroatoms. The summed E-state index contributed by atoms with van der Waals surface area (Å²) in [7, 11) is -3.74. The van der Waals surface area contributed by atoms with E-state index in [0.29, 0.717) is 18.9 Å². The number of halogens is 1. The number of rotatable bonds is 5. The molecule has 0 saturated carbocycles. The Kier molecular flexibility index (Phi) is 5.67. The van der Waals surface area contributed by atoms with Crippen LogP contribution in [0.3, 0.4) is 0 Å². The number of amides is 1. The second-order valence-electron chi connectivity index (χ2n) is 6.75. The molecule has 1 saturated heterocycles. The van der Waals surface area contributed by atoms with Gasteiger partial charge < -0.3 is 14.6 Å². The van der Waals surface area contributed by atoms with E-state index < -0.39 is 21.7 Å². The molecule has 0 unspecified atom stereocenters. The van der Waals surface area contributed by atoms with Crippen LogP contribution in [0.15, 0.2) is 71.9 Å². The lowest BCUT2D eigenvalue weighted by molar-refractivity contribution is 0.0730. The van der Waals surface area contributed by atoms with Gasteiger partial charge in [0, 0.05) is 36.7 Å². The van der Waals surface area contributed by atoms with E-state index in [-0.39, 0.29) is 29.2 Å². The highest BCUT2D eigenvalue weighted by Crippen LogP contribution is 2.22. The molecule has 2 aromatic carbocycles. The fourth-order valence-electron chi connectivity index (χ4n) is 3.20. The molecule has 4 rings (SSSR count). The molecule has 1 aliphatic rings. The van der Waals surface area contributed by atoms with Gasteiger partial charge in [-0.3, -0.25) is 4.79 Å². The van der Waals surface area contributed by atoms with Gasteiger partial charge in [0.2, 0.25) is 10.0 Å². The summed E-state index contributed by atoms with van der Waals surface area (Å²) < 4.78 is 48.2. The van der Waals surface area contributed by atoms with Crippen LogP contribution in [0.25, 0.3) is 5.69 Å².